The Morgan fingerprint density at radius 1 is 1.04 bits per heavy atom. The predicted octanol–water partition coefficient (Wildman–Crippen LogP) is 6.95. The van der Waals surface area contributed by atoms with E-state index in [0.717, 1.165) is 5.56 Å². The third kappa shape index (κ3) is 4.35. The maximum absolute atomic E-state index is 12.8. The normalized spacial score (nSPS) is 10.6. The summed E-state index contributed by atoms with van der Waals surface area (Å²) < 4.78 is 0.599. The van der Waals surface area contributed by atoms with Gasteiger partial charge in [0.15, 0.2) is 5.78 Å². The summed E-state index contributed by atoms with van der Waals surface area (Å²) in [6, 6.07) is 14.5. The molecule has 8 heteroatoms. The number of nitrogens with zero attached hydrogens (tertiary/aromatic N) is 1. The van der Waals surface area contributed by atoms with Crippen molar-refractivity contribution in [3.63, 3.8) is 0 Å². The molecular weight excluding hydrogens is 467 g/mol. The lowest BCUT2D eigenvalue weighted by molar-refractivity contribution is -0.384. The van der Waals surface area contributed by atoms with E-state index in [9.17, 15) is 14.9 Å². The predicted molar refractivity (Wildman–Crippen MR) is 115 cm³/mol. The Morgan fingerprint density at radius 3 is 2.39 bits per heavy atom. The van der Waals surface area contributed by atoms with Crippen molar-refractivity contribution in [3.05, 3.63) is 95.9 Å². The number of hydrogen-bond acceptors (Lipinski definition) is 4. The maximum Gasteiger partial charge on any atom is 0.293 e. The fourth-order valence-electron chi connectivity index (χ4n) is 2.72. The summed E-state index contributed by atoms with van der Waals surface area (Å²) >= 11 is 15.5. The van der Waals surface area contributed by atoms with Crippen molar-refractivity contribution in [2.24, 2.45) is 0 Å². The number of carbonyl (C=O) groups is 1. The molecule has 0 aliphatic carbocycles. The number of ketones is 1. The first-order valence-electron chi connectivity index (χ1n) is 8.07. The molecule has 0 radical (unpaired) electrons. The lowest BCUT2D eigenvalue weighted by Gasteiger charge is -2.11. The molecule has 5 nitrogen and oxygen atoms in total. The van der Waals surface area contributed by atoms with Gasteiger partial charge in [0.2, 0.25) is 0 Å². The number of hydrogen-bond donors (Lipinski definition) is 1. The van der Waals surface area contributed by atoms with Gasteiger partial charge in [-0.15, -0.1) is 0 Å². The number of carbonyl (C=O) groups excluding carboxylic acids is 1. The Kier molecular flexibility index (Phi) is 6.03. The number of nitro benzene ring substituents is 1. The number of rotatable bonds is 5. The van der Waals surface area contributed by atoms with Gasteiger partial charge in [0.25, 0.3) is 5.69 Å². The molecule has 0 atom stereocenters. The molecule has 0 aromatic heterocycles. The second-order valence-corrected chi connectivity index (χ2v) is 7.79. The largest absolute Gasteiger partial charge is 0.350 e. The summed E-state index contributed by atoms with van der Waals surface area (Å²) in [7, 11) is 0. The smallest absolute Gasteiger partial charge is 0.293 e. The van der Waals surface area contributed by atoms with Gasteiger partial charge in [0.05, 0.1) is 9.95 Å². The third-order valence-electron chi connectivity index (χ3n) is 4.08. The highest BCUT2D eigenvalue weighted by Crippen LogP contribution is 2.32. The van der Waals surface area contributed by atoms with Gasteiger partial charge in [-0.05, 0) is 61.0 Å². The van der Waals surface area contributed by atoms with E-state index in [1.54, 1.807) is 55.5 Å². The number of nitrogens with one attached hydrogen (secondary N) is 1. The molecular formula is C20H13BrCl2N2O3. The second kappa shape index (κ2) is 8.31. The first kappa shape index (κ1) is 20.3. The van der Waals surface area contributed by atoms with Crippen LogP contribution in [0, 0.1) is 17.0 Å². The second-order valence-electron chi connectivity index (χ2n) is 6.03. The summed E-state index contributed by atoms with van der Waals surface area (Å²) in [4.78, 5) is 23.6. The van der Waals surface area contributed by atoms with Crippen LogP contribution in [0.2, 0.25) is 10.0 Å². The van der Waals surface area contributed by atoms with Crippen LogP contribution in [0.25, 0.3) is 0 Å². The molecule has 0 saturated heterocycles. The lowest BCUT2D eigenvalue weighted by Crippen LogP contribution is -2.05. The minimum atomic E-state index is -0.476. The molecule has 0 fully saturated rings. The van der Waals surface area contributed by atoms with E-state index < -0.39 is 4.92 Å². The van der Waals surface area contributed by atoms with Gasteiger partial charge in [0.1, 0.15) is 5.69 Å². The molecule has 0 amide bonds. The van der Waals surface area contributed by atoms with Crippen molar-refractivity contribution in [1.29, 1.82) is 0 Å². The van der Waals surface area contributed by atoms with Gasteiger partial charge in [0, 0.05) is 32.4 Å². The minimum absolute atomic E-state index is 0.0811. The summed E-state index contributed by atoms with van der Waals surface area (Å²) in [6.45, 7) is 1.80. The standard InChI is InChI=1S/C20H13BrCl2N2O3/c1-11-8-13(22)3-5-15(11)20(26)16-6-4-14(10-17(16)23)24-18-7-2-12(21)9-19(18)25(27)28/h2-10,24H,1H3. The molecule has 3 aromatic rings. The van der Waals surface area contributed by atoms with Gasteiger partial charge < -0.3 is 5.32 Å². The first-order valence-corrected chi connectivity index (χ1v) is 9.62. The van der Waals surface area contributed by atoms with E-state index in [-0.39, 0.29) is 16.5 Å². The Balaban J connectivity index is 1.91. The summed E-state index contributed by atoms with van der Waals surface area (Å²) in [5, 5.41) is 15.0. The summed E-state index contributed by atoms with van der Waals surface area (Å²) in [5.41, 5.74) is 2.36. The Bertz CT molecular complexity index is 1100. The van der Waals surface area contributed by atoms with Crippen molar-refractivity contribution in [1.82, 2.24) is 0 Å². The van der Waals surface area contributed by atoms with E-state index in [1.165, 1.54) is 6.07 Å². The maximum atomic E-state index is 12.8. The van der Waals surface area contributed by atoms with Crippen LogP contribution < -0.4 is 5.32 Å². The molecule has 3 rings (SSSR count). The molecule has 0 spiro atoms. The van der Waals surface area contributed by atoms with E-state index in [1.807, 2.05) is 0 Å². The molecule has 1 N–H and O–H groups in total. The third-order valence-corrected chi connectivity index (χ3v) is 5.12. The Hall–Kier alpha value is -2.41. The zero-order chi connectivity index (χ0) is 20.4. The highest BCUT2D eigenvalue weighted by atomic mass is 79.9. The zero-order valence-corrected chi connectivity index (χ0v) is 17.6. The van der Waals surface area contributed by atoms with Crippen LogP contribution in [0.1, 0.15) is 21.5 Å². The Morgan fingerprint density at radius 2 is 1.75 bits per heavy atom. The molecule has 28 heavy (non-hydrogen) atoms. The van der Waals surface area contributed by atoms with Gasteiger partial charge in [-0.2, -0.15) is 0 Å². The molecule has 0 saturated carbocycles. The lowest BCUT2D eigenvalue weighted by atomic mass is 9.99. The number of aryl methyl sites for hydroxylation is 1. The number of halogens is 3. The SMILES string of the molecule is Cc1cc(Cl)ccc1C(=O)c1ccc(Nc2ccc(Br)cc2[N+](=O)[O-])cc1Cl. The van der Waals surface area contributed by atoms with Gasteiger partial charge in [-0.25, -0.2) is 0 Å². The van der Waals surface area contributed by atoms with Crippen LogP contribution in [0.4, 0.5) is 17.1 Å². The summed E-state index contributed by atoms with van der Waals surface area (Å²) in [6.07, 6.45) is 0. The average Bonchev–Trinajstić information content (AvgIpc) is 2.62. The van der Waals surface area contributed by atoms with Crippen LogP contribution in [0.5, 0.6) is 0 Å². The molecule has 0 unspecified atom stereocenters. The van der Waals surface area contributed by atoms with E-state index in [4.69, 9.17) is 23.2 Å². The molecule has 0 heterocycles. The van der Waals surface area contributed by atoms with Crippen molar-refractivity contribution in [2.75, 3.05) is 5.32 Å². The first-order chi connectivity index (χ1) is 13.3. The molecule has 0 aliphatic heterocycles. The number of benzene rings is 3. The fourth-order valence-corrected chi connectivity index (χ4v) is 3.56. The highest BCUT2D eigenvalue weighted by molar-refractivity contribution is 9.10. The van der Waals surface area contributed by atoms with E-state index in [0.29, 0.717) is 32.0 Å². The number of anilines is 2. The Labute approximate surface area is 179 Å². The van der Waals surface area contributed by atoms with Gasteiger partial charge in [-0.3, -0.25) is 14.9 Å². The van der Waals surface area contributed by atoms with Crippen molar-refractivity contribution >= 4 is 62.0 Å². The molecule has 0 bridgehead atoms. The van der Waals surface area contributed by atoms with Gasteiger partial charge in [-0.1, -0.05) is 39.1 Å². The monoisotopic (exact) mass is 478 g/mol. The van der Waals surface area contributed by atoms with Crippen LogP contribution in [0.3, 0.4) is 0 Å². The van der Waals surface area contributed by atoms with E-state index >= 15 is 0 Å². The average molecular weight is 480 g/mol. The minimum Gasteiger partial charge on any atom is -0.350 e. The summed E-state index contributed by atoms with van der Waals surface area (Å²) in [5.74, 6) is -0.222. The van der Waals surface area contributed by atoms with Crippen LogP contribution in [0.15, 0.2) is 59.1 Å². The molecule has 142 valence electrons. The molecule has 3 aromatic carbocycles. The van der Waals surface area contributed by atoms with Crippen molar-refractivity contribution in [2.45, 2.75) is 6.92 Å². The zero-order valence-electron chi connectivity index (χ0n) is 14.5. The van der Waals surface area contributed by atoms with Crippen LogP contribution in [-0.4, -0.2) is 10.7 Å². The number of nitro groups is 1. The van der Waals surface area contributed by atoms with Crippen molar-refractivity contribution < 1.29 is 9.72 Å². The topological polar surface area (TPSA) is 72.2 Å². The van der Waals surface area contributed by atoms with E-state index in [2.05, 4.69) is 21.2 Å². The highest BCUT2D eigenvalue weighted by Gasteiger charge is 2.18. The molecule has 0 aliphatic rings. The van der Waals surface area contributed by atoms with Crippen LogP contribution >= 0.6 is 39.1 Å². The quantitative estimate of drug-likeness (QED) is 0.244. The fraction of sp³-hybridized carbons (Fsp3) is 0.0500. The van der Waals surface area contributed by atoms with Gasteiger partial charge >= 0.3 is 0 Å². The van der Waals surface area contributed by atoms with Crippen molar-refractivity contribution in [3.8, 4) is 0 Å². The van der Waals surface area contributed by atoms with Crippen LogP contribution in [-0.2, 0) is 0 Å².